The molecule has 0 saturated heterocycles. The van der Waals surface area contributed by atoms with E-state index in [4.69, 9.17) is 5.11 Å². The molecule has 1 aliphatic heterocycles. The van der Waals surface area contributed by atoms with Crippen LogP contribution < -0.4 is 0 Å². The van der Waals surface area contributed by atoms with Gasteiger partial charge in [-0.25, -0.2) is 18.2 Å². The van der Waals surface area contributed by atoms with E-state index in [1.165, 1.54) is 22.5 Å². The van der Waals surface area contributed by atoms with Crippen molar-refractivity contribution in [1.29, 1.82) is 0 Å². The second-order valence-electron chi connectivity index (χ2n) is 5.14. The zero-order valence-corrected chi connectivity index (χ0v) is 13.4. The Morgan fingerprint density at radius 1 is 1.32 bits per heavy atom. The van der Waals surface area contributed by atoms with E-state index in [1.807, 2.05) is 0 Å². The first-order valence-corrected chi connectivity index (χ1v) is 9.32. The number of fused-ring (bicyclic) bond motifs is 1. The van der Waals surface area contributed by atoms with Crippen molar-refractivity contribution in [2.24, 2.45) is 0 Å². The molecule has 0 saturated carbocycles. The fourth-order valence-electron chi connectivity index (χ4n) is 2.33. The average molecular weight is 338 g/mol. The number of aromatic nitrogens is 1. The van der Waals surface area contributed by atoms with Gasteiger partial charge in [-0.05, 0) is 12.1 Å². The van der Waals surface area contributed by atoms with Crippen molar-refractivity contribution in [3.05, 3.63) is 34.8 Å². The summed E-state index contributed by atoms with van der Waals surface area (Å²) in [7, 11) is -3.21. The normalized spacial score (nSPS) is 14.7. The third-order valence-corrected chi connectivity index (χ3v) is 5.86. The van der Waals surface area contributed by atoms with Gasteiger partial charge in [-0.1, -0.05) is 12.1 Å². The van der Waals surface area contributed by atoms with E-state index in [0.717, 1.165) is 21.1 Å². The maximum atomic E-state index is 11.5. The van der Waals surface area contributed by atoms with Gasteiger partial charge in [0, 0.05) is 29.7 Å². The summed E-state index contributed by atoms with van der Waals surface area (Å²) in [5.74, 6) is 0. The van der Waals surface area contributed by atoms with Crippen LogP contribution in [0.15, 0.2) is 29.2 Å². The highest BCUT2D eigenvalue weighted by molar-refractivity contribution is 7.90. The molecule has 1 aromatic carbocycles. The van der Waals surface area contributed by atoms with E-state index < -0.39 is 15.9 Å². The quantitative estimate of drug-likeness (QED) is 0.907. The number of sulfone groups is 1. The van der Waals surface area contributed by atoms with Crippen molar-refractivity contribution >= 4 is 27.3 Å². The standard InChI is InChI=1S/C14H14N2O4S2/c1-22(19,20)10-4-2-9(3-5-10)13-15-11-8-16(14(17)18)7-6-12(11)21-13/h2-5H,6-8H2,1H3,(H,17,18). The molecule has 8 heteroatoms. The summed E-state index contributed by atoms with van der Waals surface area (Å²) in [4.78, 5) is 18.2. The van der Waals surface area contributed by atoms with E-state index in [0.29, 0.717) is 19.5 Å². The Kier molecular flexibility index (Phi) is 3.65. The van der Waals surface area contributed by atoms with Crippen LogP contribution in [0, 0.1) is 0 Å². The Balaban J connectivity index is 1.90. The fraction of sp³-hybridized carbons (Fsp3) is 0.286. The molecule has 0 unspecified atom stereocenters. The third-order valence-electron chi connectivity index (χ3n) is 3.53. The molecule has 0 radical (unpaired) electrons. The lowest BCUT2D eigenvalue weighted by atomic mass is 10.2. The third kappa shape index (κ3) is 2.84. The van der Waals surface area contributed by atoms with Gasteiger partial charge in [0.15, 0.2) is 9.84 Å². The number of hydrogen-bond acceptors (Lipinski definition) is 5. The first-order chi connectivity index (χ1) is 10.3. The van der Waals surface area contributed by atoms with E-state index in [-0.39, 0.29) is 4.90 Å². The molecule has 1 aliphatic rings. The summed E-state index contributed by atoms with van der Waals surface area (Å²) in [6.07, 6.45) is 0.906. The van der Waals surface area contributed by atoms with Gasteiger partial charge in [0.2, 0.25) is 0 Å². The first kappa shape index (κ1) is 15.0. The molecule has 1 aromatic heterocycles. The minimum absolute atomic E-state index is 0.273. The van der Waals surface area contributed by atoms with Crippen molar-refractivity contribution in [1.82, 2.24) is 9.88 Å². The minimum Gasteiger partial charge on any atom is -0.465 e. The number of benzene rings is 1. The SMILES string of the molecule is CS(=O)(=O)c1ccc(-c2nc3c(s2)CCN(C(=O)O)C3)cc1. The molecule has 2 heterocycles. The molecule has 0 atom stereocenters. The lowest BCUT2D eigenvalue weighted by Gasteiger charge is -2.22. The molecule has 1 N–H and O–H groups in total. The summed E-state index contributed by atoms with van der Waals surface area (Å²) >= 11 is 1.54. The minimum atomic E-state index is -3.21. The van der Waals surface area contributed by atoms with Gasteiger partial charge in [0.1, 0.15) is 5.01 Å². The van der Waals surface area contributed by atoms with Crippen molar-refractivity contribution in [2.45, 2.75) is 17.9 Å². The Hall–Kier alpha value is -1.93. The van der Waals surface area contributed by atoms with Crippen LogP contribution in [0.25, 0.3) is 10.6 Å². The predicted octanol–water partition coefficient (Wildman–Crippen LogP) is 2.25. The predicted molar refractivity (Wildman–Crippen MR) is 82.8 cm³/mol. The molecule has 116 valence electrons. The maximum absolute atomic E-state index is 11.5. The topological polar surface area (TPSA) is 87.6 Å². The zero-order valence-electron chi connectivity index (χ0n) is 11.8. The molecule has 0 fully saturated rings. The Bertz CT molecular complexity index is 825. The Morgan fingerprint density at radius 2 is 2.00 bits per heavy atom. The molecular weight excluding hydrogens is 324 g/mol. The molecule has 0 aliphatic carbocycles. The highest BCUT2D eigenvalue weighted by Gasteiger charge is 2.24. The number of rotatable bonds is 2. The summed E-state index contributed by atoms with van der Waals surface area (Å²) in [6.45, 7) is 0.791. The van der Waals surface area contributed by atoms with Crippen LogP contribution in [0.4, 0.5) is 4.79 Å². The number of carboxylic acid groups (broad SMARTS) is 1. The van der Waals surface area contributed by atoms with Crippen LogP contribution in [0.3, 0.4) is 0 Å². The Labute approximate surface area is 132 Å². The van der Waals surface area contributed by atoms with Crippen molar-refractivity contribution in [2.75, 3.05) is 12.8 Å². The molecular formula is C14H14N2O4S2. The number of hydrogen-bond donors (Lipinski definition) is 1. The van der Waals surface area contributed by atoms with Crippen LogP contribution in [0.2, 0.25) is 0 Å². The summed E-state index contributed by atoms with van der Waals surface area (Å²) in [5, 5.41) is 9.83. The van der Waals surface area contributed by atoms with Gasteiger partial charge < -0.3 is 10.0 Å². The molecule has 0 bridgehead atoms. The molecule has 0 spiro atoms. The van der Waals surface area contributed by atoms with Crippen LogP contribution in [-0.2, 0) is 22.8 Å². The highest BCUT2D eigenvalue weighted by atomic mass is 32.2. The van der Waals surface area contributed by atoms with Gasteiger partial charge in [-0.2, -0.15) is 0 Å². The van der Waals surface area contributed by atoms with E-state index in [2.05, 4.69) is 4.98 Å². The number of amides is 1. The molecule has 22 heavy (non-hydrogen) atoms. The van der Waals surface area contributed by atoms with Crippen LogP contribution >= 0.6 is 11.3 Å². The van der Waals surface area contributed by atoms with Gasteiger partial charge in [-0.15, -0.1) is 11.3 Å². The smallest absolute Gasteiger partial charge is 0.407 e. The van der Waals surface area contributed by atoms with Crippen molar-refractivity contribution < 1.29 is 18.3 Å². The Morgan fingerprint density at radius 3 is 2.59 bits per heavy atom. The lowest BCUT2D eigenvalue weighted by Crippen LogP contribution is -2.34. The summed E-state index contributed by atoms with van der Waals surface area (Å²) < 4.78 is 22.9. The average Bonchev–Trinajstić information content (AvgIpc) is 2.89. The van der Waals surface area contributed by atoms with Crippen LogP contribution in [0.1, 0.15) is 10.6 Å². The zero-order chi connectivity index (χ0) is 15.9. The lowest BCUT2D eigenvalue weighted by molar-refractivity contribution is 0.139. The second kappa shape index (κ2) is 5.36. The number of thiazole rings is 1. The second-order valence-corrected chi connectivity index (χ2v) is 8.24. The largest absolute Gasteiger partial charge is 0.465 e. The molecule has 1 amide bonds. The molecule has 6 nitrogen and oxygen atoms in total. The summed E-state index contributed by atoms with van der Waals surface area (Å²) in [5.41, 5.74) is 1.63. The van der Waals surface area contributed by atoms with Crippen molar-refractivity contribution in [3.8, 4) is 10.6 Å². The first-order valence-electron chi connectivity index (χ1n) is 6.61. The fourth-order valence-corrected chi connectivity index (χ4v) is 4.02. The van der Waals surface area contributed by atoms with Gasteiger partial charge in [0.05, 0.1) is 17.1 Å². The highest BCUT2D eigenvalue weighted by Crippen LogP contribution is 2.32. The van der Waals surface area contributed by atoms with Crippen molar-refractivity contribution in [3.63, 3.8) is 0 Å². The van der Waals surface area contributed by atoms with Gasteiger partial charge >= 0.3 is 6.09 Å². The molecule has 2 aromatic rings. The van der Waals surface area contributed by atoms with Gasteiger partial charge in [0.25, 0.3) is 0 Å². The van der Waals surface area contributed by atoms with E-state index in [9.17, 15) is 13.2 Å². The number of carbonyl (C=O) groups is 1. The van der Waals surface area contributed by atoms with E-state index in [1.54, 1.807) is 24.3 Å². The van der Waals surface area contributed by atoms with E-state index >= 15 is 0 Å². The van der Waals surface area contributed by atoms with Crippen LogP contribution in [0.5, 0.6) is 0 Å². The van der Waals surface area contributed by atoms with Crippen LogP contribution in [-0.4, -0.2) is 42.3 Å². The van der Waals surface area contributed by atoms with Gasteiger partial charge in [-0.3, -0.25) is 0 Å². The maximum Gasteiger partial charge on any atom is 0.407 e. The summed E-state index contributed by atoms with van der Waals surface area (Å²) in [6, 6.07) is 6.59. The number of nitrogens with zero attached hydrogens (tertiary/aromatic N) is 2. The molecule has 3 rings (SSSR count). The monoisotopic (exact) mass is 338 g/mol.